The number of hydrogen-bond acceptors (Lipinski definition) is 6. The minimum atomic E-state index is -0.341. The molecule has 4 heterocycles. The smallest absolute Gasteiger partial charge is 0.262 e. The highest BCUT2D eigenvalue weighted by Crippen LogP contribution is 2.26. The summed E-state index contributed by atoms with van der Waals surface area (Å²) in [5, 5.41) is 9.98. The van der Waals surface area contributed by atoms with Crippen molar-refractivity contribution < 1.29 is 8.78 Å². The maximum atomic E-state index is 13.1. The van der Waals surface area contributed by atoms with E-state index in [0.717, 1.165) is 11.4 Å². The summed E-state index contributed by atoms with van der Waals surface area (Å²) in [5.41, 5.74) is 3.79. The molecule has 0 bridgehead atoms. The molecular formula is C34H21ClF2N8O. The molecule has 0 amide bonds. The van der Waals surface area contributed by atoms with Crippen LogP contribution in [0.1, 0.15) is 0 Å². The SMILES string of the molecule is Fc1ccc(-c2nc(Cl)c3cnn(-c4ccccc4)c3n2)cc1.O=c1[nH]c(-c2ccc(F)cc2)nc2c1cnn2-c1ccccc1. The number of hydrogen-bond donors (Lipinski definition) is 1. The summed E-state index contributed by atoms with van der Waals surface area (Å²) in [5.74, 6) is 0.155. The average molecular weight is 631 g/mol. The van der Waals surface area contributed by atoms with Gasteiger partial charge in [-0.15, -0.1) is 0 Å². The van der Waals surface area contributed by atoms with Gasteiger partial charge in [-0.25, -0.2) is 33.1 Å². The summed E-state index contributed by atoms with van der Waals surface area (Å²) in [6.45, 7) is 0. The number of benzene rings is 4. The highest BCUT2D eigenvalue weighted by atomic mass is 35.5. The Hall–Kier alpha value is -6.07. The summed E-state index contributed by atoms with van der Waals surface area (Å²) in [4.78, 5) is 28.3. The van der Waals surface area contributed by atoms with Crippen LogP contribution >= 0.6 is 11.6 Å². The van der Waals surface area contributed by atoms with Gasteiger partial charge in [0.05, 0.1) is 29.2 Å². The van der Waals surface area contributed by atoms with E-state index in [0.29, 0.717) is 50.0 Å². The van der Waals surface area contributed by atoms with E-state index in [4.69, 9.17) is 11.6 Å². The molecule has 0 unspecified atom stereocenters. The predicted molar refractivity (Wildman–Crippen MR) is 172 cm³/mol. The topological polar surface area (TPSA) is 107 Å². The molecule has 4 aromatic carbocycles. The van der Waals surface area contributed by atoms with Crippen LogP contribution in [-0.2, 0) is 0 Å². The molecule has 9 nitrogen and oxygen atoms in total. The van der Waals surface area contributed by atoms with Crippen LogP contribution in [0.15, 0.2) is 126 Å². The predicted octanol–water partition coefficient (Wildman–Crippen LogP) is 7.19. The molecule has 8 aromatic rings. The number of nitrogens with one attached hydrogen (secondary N) is 1. The first-order valence-electron chi connectivity index (χ1n) is 14.0. The zero-order chi connectivity index (χ0) is 31.6. The van der Waals surface area contributed by atoms with E-state index in [-0.39, 0.29) is 17.2 Å². The number of halogens is 3. The van der Waals surface area contributed by atoms with Gasteiger partial charge in [-0.2, -0.15) is 10.2 Å². The van der Waals surface area contributed by atoms with Crippen molar-refractivity contribution in [2.75, 3.05) is 0 Å². The zero-order valence-corrected chi connectivity index (χ0v) is 24.5. The Labute approximate surface area is 264 Å². The standard InChI is InChI=1S/C17H10ClFN4.C17H11FN4O/c18-15-14-10-20-23(13-4-2-1-3-5-13)17(14)22-16(21-15)11-6-8-12(19)9-7-11;18-12-8-6-11(7-9-12)15-20-16-14(17(23)21-15)10-19-22(16)13-4-2-1-3-5-13/h1-10H;1-10H,(H,20,21,23). The molecule has 8 rings (SSSR count). The van der Waals surface area contributed by atoms with E-state index in [2.05, 4.69) is 30.1 Å². The first-order chi connectivity index (χ1) is 22.4. The Morgan fingerprint density at radius 3 is 1.65 bits per heavy atom. The lowest BCUT2D eigenvalue weighted by Gasteiger charge is -2.05. The molecule has 4 aromatic heterocycles. The van der Waals surface area contributed by atoms with Gasteiger partial charge in [-0.3, -0.25) is 4.79 Å². The number of aromatic amines is 1. The molecule has 0 aliphatic heterocycles. The third kappa shape index (κ3) is 5.62. The third-order valence-electron chi connectivity index (χ3n) is 7.04. The Morgan fingerprint density at radius 2 is 1.09 bits per heavy atom. The summed E-state index contributed by atoms with van der Waals surface area (Å²) >= 11 is 6.27. The van der Waals surface area contributed by atoms with Gasteiger partial charge >= 0.3 is 0 Å². The van der Waals surface area contributed by atoms with Crippen molar-refractivity contribution in [1.82, 2.24) is 39.5 Å². The van der Waals surface area contributed by atoms with Gasteiger partial charge in [-0.05, 0) is 72.8 Å². The Balaban J connectivity index is 0.000000147. The minimum absolute atomic E-state index is 0.281. The maximum absolute atomic E-state index is 13.1. The van der Waals surface area contributed by atoms with Gasteiger partial charge < -0.3 is 4.98 Å². The van der Waals surface area contributed by atoms with Crippen molar-refractivity contribution >= 4 is 33.7 Å². The molecule has 224 valence electrons. The fraction of sp³-hybridized carbons (Fsp3) is 0. The number of fused-ring (bicyclic) bond motifs is 2. The highest BCUT2D eigenvalue weighted by Gasteiger charge is 2.15. The van der Waals surface area contributed by atoms with Crippen LogP contribution in [-0.4, -0.2) is 39.5 Å². The van der Waals surface area contributed by atoms with Crippen molar-refractivity contribution in [2.45, 2.75) is 0 Å². The maximum Gasteiger partial charge on any atom is 0.262 e. The number of H-pyrrole nitrogens is 1. The molecule has 0 saturated heterocycles. The molecule has 46 heavy (non-hydrogen) atoms. The largest absolute Gasteiger partial charge is 0.306 e. The van der Waals surface area contributed by atoms with Crippen LogP contribution in [0.25, 0.3) is 56.2 Å². The summed E-state index contributed by atoms with van der Waals surface area (Å²) in [6.07, 6.45) is 3.13. The number of aromatic nitrogens is 8. The molecular weight excluding hydrogens is 610 g/mol. The Morgan fingerprint density at radius 1 is 0.587 bits per heavy atom. The highest BCUT2D eigenvalue weighted by molar-refractivity contribution is 6.34. The molecule has 1 N–H and O–H groups in total. The summed E-state index contributed by atoms with van der Waals surface area (Å²) < 4.78 is 29.5. The fourth-order valence-corrected chi connectivity index (χ4v) is 4.99. The lowest BCUT2D eigenvalue weighted by molar-refractivity contribution is 0.627. The van der Waals surface area contributed by atoms with Crippen molar-refractivity contribution in [1.29, 1.82) is 0 Å². The van der Waals surface area contributed by atoms with Crippen LogP contribution in [0.2, 0.25) is 5.15 Å². The Kier molecular flexibility index (Phi) is 7.57. The fourth-order valence-electron chi connectivity index (χ4n) is 4.78. The molecule has 0 spiro atoms. The Bertz CT molecular complexity index is 2360. The van der Waals surface area contributed by atoms with Gasteiger partial charge in [0.15, 0.2) is 17.1 Å². The van der Waals surface area contributed by atoms with E-state index < -0.39 is 0 Å². The van der Waals surface area contributed by atoms with Crippen LogP contribution in [0.3, 0.4) is 0 Å². The van der Waals surface area contributed by atoms with Crippen LogP contribution in [0.5, 0.6) is 0 Å². The molecule has 0 radical (unpaired) electrons. The summed E-state index contributed by atoms with van der Waals surface area (Å²) in [7, 11) is 0. The van der Waals surface area contributed by atoms with Gasteiger partial charge in [0, 0.05) is 11.1 Å². The number of nitrogens with zero attached hydrogens (tertiary/aromatic N) is 7. The van der Waals surface area contributed by atoms with E-state index in [1.165, 1.54) is 30.5 Å². The van der Waals surface area contributed by atoms with E-state index in [1.54, 1.807) is 39.8 Å². The van der Waals surface area contributed by atoms with Gasteiger partial charge in [0.2, 0.25) is 0 Å². The molecule has 0 atom stereocenters. The number of rotatable bonds is 4. The normalized spacial score (nSPS) is 11.0. The van der Waals surface area contributed by atoms with Gasteiger partial charge in [0.25, 0.3) is 5.56 Å². The second kappa shape index (κ2) is 12.1. The first-order valence-corrected chi connectivity index (χ1v) is 14.3. The van der Waals surface area contributed by atoms with Crippen molar-refractivity contribution in [3.8, 4) is 34.2 Å². The second-order valence-corrected chi connectivity index (χ2v) is 10.4. The van der Waals surface area contributed by atoms with Gasteiger partial charge in [0.1, 0.15) is 28.0 Å². The molecule has 0 saturated carbocycles. The zero-order valence-electron chi connectivity index (χ0n) is 23.7. The molecule has 0 fully saturated rings. The van der Waals surface area contributed by atoms with Crippen LogP contribution in [0.4, 0.5) is 8.78 Å². The lowest BCUT2D eigenvalue weighted by Crippen LogP contribution is -2.10. The summed E-state index contributed by atoms with van der Waals surface area (Å²) in [6, 6.07) is 30.9. The average Bonchev–Trinajstić information content (AvgIpc) is 3.72. The monoisotopic (exact) mass is 630 g/mol. The second-order valence-electron chi connectivity index (χ2n) is 10.0. The molecule has 0 aliphatic carbocycles. The van der Waals surface area contributed by atoms with Crippen molar-refractivity contribution in [3.05, 3.63) is 149 Å². The first kappa shape index (κ1) is 28.7. The quantitative estimate of drug-likeness (QED) is 0.206. The van der Waals surface area contributed by atoms with E-state index in [1.807, 2.05) is 60.7 Å². The van der Waals surface area contributed by atoms with E-state index in [9.17, 15) is 13.6 Å². The lowest BCUT2D eigenvalue weighted by atomic mass is 10.2. The van der Waals surface area contributed by atoms with Crippen LogP contribution in [0, 0.1) is 11.6 Å². The molecule has 0 aliphatic rings. The number of para-hydroxylation sites is 2. The third-order valence-corrected chi connectivity index (χ3v) is 7.33. The van der Waals surface area contributed by atoms with Gasteiger partial charge in [-0.1, -0.05) is 48.0 Å². The van der Waals surface area contributed by atoms with Crippen molar-refractivity contribution in [3.63, 3.8) is 0 Å². The van der Waals surface area contributed by atoms with E-state index >= 15 is 0 Å². The molecule has 12 heteroatoms. The van der Waals surface area contributed by atoms with Crippen molar-refractivity contribution in [2.24, 2.45) is 0 Å². The van der Waals surface area contributed by atoms with Crippen LogP contribution < -0.4 is 5.56 Å². The minimum Gasteiger partial charge on any atom is -0.306 e.